The van der Waals surface area contributed by atoms with Crippen LogP contribution in [-0.2, 0) is 18.6 Å². The van der Waals surface area contributed by atoms with E-state index in [0.717, 1.165) is 32.1 Å². The molecule has 0 bridgehead atoms. The van der Waals surface area contributed by atoms with Crippen molar-refractivity contribution in [1.29, 1.82) is 0 Å². The molecule has 0 fully saturated rings. The standard InChI is InChI=1S/C12H23O6P/c1-2-9-12(13)17-10-7-5-3-4-6-8-11-18-19(14,15)16/h2,9H,3-8,10-11H2,1H3,(H2,14,15,16)/b9-2+. The second kappa shape index (κ2) is 11.2. The number of unbranched alkanes of at least 4 members (excludes halogenated alkanes) is 5. The molecule has 0 spiro atoms. The van der Waals surface area contributed by atoms with Crippen LogP contribution in [0.3, 0.4) is 0 Å². The van der Waals surface area contributed by atoms with Gasteiger partial charge in [0, 0.05) is 6.08 Å². The maximum absolute atomic E-state index is 10.9. The Bertz CT molecular complexity index is 309. The number of hydrogen-bond donors (Lipinski definition) is 2. The van der Waals surface area contributed by atoms with E-state index in [1.54, 1.807) is 13.0 Å². The minimum absolute atomic E-state index is 0.0885. The molecule has 0 atom stereocenters. The van der Waals surface area contributed by atoms with Gasteiger partial charge in [0.1, 0.15) is 0 Å². The molecule has 0 radical (unpaired) electrons. The molecule has 0 aromatic carbocycles. The van der Waals surface area contributed by atoms with Crippen molar-refractivity contribution in [2.45, 2.75) is 45.4 Å². The van der Waals surface area contributed by atoms with Gasteiger partial charge in [0.25, 0.3) is 0 Å². The van der Waals surface area contributed by atoms with E-state index >= 15 is 0 Å². The van der Waals surface area contributed by atoms with Gasteiger partial charge in [0.2, 0.25) is 0 Å². The zero-order chi connectivity index (χ0) is 14.6. The summed E-state index contributed by atoms with van der Waals surface area (Å²) in [5, 5.41) is 0. The second-order valence-electron chi connectivity index (χ2n) is 4.11. The van der Waals surface area contributed by atoms with Crippen molar-refractivity contribution < 1.29 is 28.4 Å². The van der Waals surface area contributed by atoms with Crippen molar-refractivity contribution >= 4 is 13.8 Å². The minimum atomic E-state index is -4.31. The quantitative estimate of drug-likeness (QED) is 0.263. The highest BCUT2D eigenvalue weighted by atomic mass is 31.2. The van der Waals surface area contributed by atoms with Crippen LogP contribution >= 0.6 is 7.82 Å². The van der Waals surface area contributed by atoms with Gasteiger partial charge in [-0.05, 0) is 19.8 Å². The smallest absolute Gasteiger partial charge is 0.463 e. The predicted molar refractivity (Wildman–Crippen MR) is 71.5 cm³/mol. The topological polar surface area (TPSA) is 93.1 Å². The summed E-state index contributed by atoms with van der Waals surface area (Å²) in [5.74, 6) is -0.308. The summed E-state index contributed by atoms with van der Waals surface area (Å²) < 4.78 is 19.6. The van der Waals surface area contributed by atoms with Crippen LogP contribution in [0.1, 0.15) is 45.4 Å². The highest BCUT2D eigenvalue weighted by Gasteiger charge is 2.12. The molecule has 2 N–H and O–H groups in total. The third-order valence-corrected chi connectivity index (χ3v) is 2.86. The first-order chi connectivity index (χ1) is 8.95. The lowest BCUT2D eigenvalue weighted by Crippen LogP contribution is -2.01. The largest absolute Gasteiger partial charge is 0.469 e. The number of phosphoric acid groups is 1. The summed E-state index contributed by atoms with van der Waals surface area (Å²) in [6.45, 7) is 2.28. The third-order valence-electron chi connectivity index (χ3n) is 2.35. The SMILES string of the molecule is C/C=C/C(=O)OCCCCCCCCOP(=O)(O)O. The zero-order valence-corrected chi connectivity index (χ0v) is 12.2. The molecule has 0 aliphatic carbocycles. The van der Waals surface area contributed by atoms with Crippen LogP contribution in [0.4, 0.5) is 0 Å². The summed E-state index contributed by atoms with van der Waals surface area (Å²) in [5.41, 5.74) is 0. The van der Waals surface area contributed by atoms with E-state index in [9.17, 15) is 9.36 Å². The van der Waals surface area contributed by atoms with Crippen LogP contribution in [0.5, 0.6) is 0 Å². The molecule has 0 amide bonds. The van der Waals surface area contributed by atoms with Gasteiger partial charge in [-0.3, -0.25) is 4.52 Å². The molecule has 0 aliphatic heterocycles. The van der Waals surface area contributed by atoms with Crippen LogP contribution in [-0.4, -0.2) is 29.0 Å². The molecule has 7 heteroatoms. The highest BCUT2D eigenvalue weighted by molar-refractivity contribution is 7.46. The van der Waals surface area contributed by atoms with Crippen molar-refractivity contribution in [3.8, 4) is 0 Å². The van der Waals surface area contributed by atoms with Crippen molar-refractivity contribution in [3.63, 3.8) is 0 Å². The van der Waals surface area contributed by atoms with E-state index in [-0.39, 0.29) is 12.6 Å². The van der Waals surface area contributed by atoms with Gasteiger partial charge in [-0.25, -0.2) is 9.36 Å². The Balaban J connectivity index is 3.19. The average Bonchev–Trinajstić information content (AvgIpc) is 2.30. The lowest BCUT2D eigenvalue weighted by Gasteiger charge is -2.05. The van der Waals surface area contributed by atoms with Crippen LogP contribution in [0.25, 0.3) is 0 Å². The zero-order valence-electron chi connectivity index (χ0n) is 11.3. The van der Waals surface area contributed by atoms with E-state index in [2.05, 4.69) is 4.52 Å². The first-order valence-electron chi connectivity index (χ1n) is 6.45. The number of phosphoric ester groups is 1. The minimum Gasteiger partial charge on any atom is -0.463 e. The number of rotatable bonds is 11. The van der Waals surface area contributed by atoms with Crippen LogP contribution in [0.2, 0.25) is 0 Å². The summed E-state index contributed by atoms with van der Waals surface area (Å²) in [7, 11) is -4.31. The Hall–Kier alpha value is -0.680. The fourth-order valence-corrected chi connectivity index (χ4v) is 1.82. The highest BCUT2D eigenvalue weighted by Crippen LogP contribution is 2.35. The fraction of sp³-hybridized carbons (Fsp3) is 0.750. The molecular formula is C12H23O6P. The van der Waals surface area contributed by atoms with Gasteiger partial charge in [0.05, 0.1) is 13.2 Å². The Morgan fingerprint density at radius 2 is 1.58 bits per heavy atom. The van der Waals surface area contributed by atoms with Gasteiger partial charge in [-0.1, -0.05) is 31.8 Å². The van der Waals surface area contributed by atoms with Crippen molar-refractivity contribution in [1.82, 2.24) is 0 Å². The Morgan fingerprint density at radius 3 is 2.11 bits per heavy atom. The molecule has 0 unspecified atom stereocenters. The van der Waals surface area contributed by atoms with E-state index in [1.807, 2.05) is 0 Å². The Labute approximate surface area is 114 Å². The molecule has 0 saturated carbocycles. The first kappa shape index (κ1) is 18.3. The van der Waals surface area contributed by atoms with E-state index < -0.39 is 7.82 Å². The van der Waals surface area contributed by atoms with Gasteiger partial charge in [-0.2, -0.15) is 0 Å². The third kappa shape index (κ3) is 15.3. The maximum Gasteiger partial charge on any atom is 0.469 e. The fourth-order valence-electron chi connectivity index (χ4n) is 1.45. The molecule has 0 aliphatic rings. The van der Waals surface area contributed by atoms with Crippen LogP contribution in [0.15, 0.2) is 12.2 Å². The normalized spacial score (nSPS) is 11.9. The van der Waals surface area contributed by atoms with Gasteiger partial charge in [-0.15, -0.1) is 0 Å². The summed E-state index contributed by atoms with van der Waals surface area (Å²) in [6, 6.07) is 0. The molecule has 0 rings (SSSR count). The van der Waals surface area contributed by atoms with E-state index in [1.165, 1.54) is 6.08 Å². The predicted octanol–water partition coefficient (Wildman–Crippen LogP) is 2.56. The number of esters is 1. The number of allylic oxidation sites excluding steroid dienone is 1. The van der Waals surface area contributed by atoms with Crippen molar-refractivity contribution in [2.75, 3.05) is 13.2 Å². The number of carbonyl (C=O) groups excluding carboxylic acids is 1. The molecule has 6 nitrogen and oxygen atoms in total. The lowest BCUT2D eigenvalue weighted by atomic mass is 10.1. The van der Waals surface area contributed by atoms with Crippen molar-refractivity contribution in [2.24, 2.45) is 0 Å². The van der Waals surface area contributed by atoms with E-state index in [0.29, 0.717) is 13.0 Å². The number of hydrogen-bond acceptors (Lipinski definition) is 4. The molecule has 0 heterocycles. The molecule has 112 valence electrons. The molecule has 0 saturated heterocycles. The number of ether oxygens (including phenoxy) is 1. The Kier molecular flexibility index (Phi) is 10.8. The molecule has 19 heavy (non-hydrogen) atoms. The monoisotopic (exact) mass is 294 g/mol. The summed E-state index contributed by atoms with van der Waals surface area (Å²) >= 11 is 0. The van der Waals surface area contributed by atoms with Crippen molar-refractivity contribution in [3.05, 3.63) is 12.2 Å². The second-order valence-corrected chi connectivity index (χ2v) is 5.35. The van der Waals surface area contributed by atoms with E-state index in [4.69, 9.17) is 14.5 Å². The Morgan fingerprint density at radius 1 is 1.05 bits per heavy atom. The lowest BCUT2D eigenvalue weighted by molar-refractivity contribution is -0.137. The number of carbonyl (C=O) groups is 1. The first-order valence-corrected chi connectivity index (χ1v) is 7.98. The van der Waals surface area contributed by atoms with Gasteiger partial charge >= 0.3 is 13.8 Å². The van der Waals surface area contributed by atoms with Crippen LogP contribution < -0.4 is 0 Å². The average molecular weight is 294 g/mol. The summed E-state index contributed by atoms with van der Waals surface area (Å²) in [6.07, 6.45) is 8.35. The molecule has 0 aromatic heterocycles. The van der Waals surface area contributed by atoms with Gasteiger partial charge < -0.3 is 14.5 Å². The summed E-state index contributed by atoms with van der Waals surface area (Å²) in [4.78, 5) is 27.8. The van der Waals surface area contributed by atoms with Crippen LogP contribution in [0, 0.1) is 0 Å². The van der Waals surface area contributed by atoms with Gasteiger partial charge in [0.15, 0.2) is 0 Å². The maximum atomic E-state index is 10.9. The molecule has 0 aromatic rings. The molecular weight excluding hydrogens is 271 g/mol.